The van der Waals surface area contributed by atoms with Gasteiger partial charge in [0.15, 0.2) is 11.6 Å². The zero-order chi connectivity index (χ0) is 13.8. The van der Waals surface area contributed by atoms with Gasteiger partial charge in [-0.2, -0.15) is 0 Å². The van der Waals surface area contributed by atoms with Crippen molar-refractivity contribution in [2.45, 2.75) is 6.42 Å². The minimum Gasteiger partial charge on any atom is -0.488 e. The summed E-state index contributed by atoms with van der Waals surface area (Å²) in [6, 6.07) is 4.86. The highest BCUT2D eigenvalue weighted by atomic mass is 19.1. The summed E-state index contributed by atoms with van der Waals surface area (Å²) >= 11 is 0. The Hall–Kier alpha value is -1.88. The van der Waals surface area contributed by atoms with E-state index >= 15 is 0 Å². The number of halogens is 1. The van der Waals surface area contributed by atoms with Gasteiger partial charge in [-0.05, 0) is 32.6 Å². The van der Waals surface area contributed by atoms with E-state index in [2.05, 4.69) is 9.88 Å². The Morgan fingerprint density at radius 2 is 2.21 bits per heavy atom. The zero-order valence-electron chi connectivity index (χ0n) is 11.2. The van der Waals surface area contributed by atoms with Gasteiger partial charge in [0.25, 0.3) is 0 Å². The quantitative estimate of drug-likeness (QED) is 0.664. The number of rotatable bonds is 5. The lowest BCUT2D eigenvalue weighted by atomic mass is 10.1. The second-order valence-corrected chi connectivity index (χ2v) is 4.68. The number of nitrogens with two attached hydrogens (primary N) is 1. The van der Waals surface area contributed by atoms with Gasteiger partial charge in [0.2, 0.25) is 0 Å². The minimum absolute atomic E-state index is 0.184. The van der Waals surface area contributed by atoms with Crippen LogP contribution in [0.15, 0.2) is 24.4 Å². The monoisotopic (exact) mass is 263 g/mol. The SMILES string of the molecule is CN(C)CCCOc1c(F)cc(N)c2cccnc12. The molecular formula is C14H18FN3O. The van der Waals surface area contributed by atoms with Crippen LogP contribution in [0.3, 0.4) is 0 Å². The Bertz CT molecular complexity index is 572. The maximum atomic E-state index is 13.9. The van der Waals surface area contributed by atoms with Gasteiger partial charge in [0.05, 0.1) is 6.61 Å². The predicted molar refractivity (Wildman–Crippen MR) is 74.8 cm³/mol. The fourth-order valence-corrected chi connectivity index (χ4v) is 1.90. The molecule has 19 heavy (non-hydrogen) atoms. The molecule has 0 aliphatic carbocycles. The van der Waals surface area contributed by atoms with Crippen molar-refractivity contribution in [3.05, 3.63) is 30.2 Å². The van der Waals surface area contributed by atoms with Gasteiger partial charge >= 0.3 is 0 Å². The lowest BCUT2D eigenvalue weighted by molar-refractivity contribution is 0.273. The zero-order valence-corrected chi connectivity index (χ0v) is 11.2. The molecule has 2 N–H and O–H groups in total. The summed E-state index contributed by atoms with van der Waals surface area (Å²) in [5.41, 5.74) is 6.63. The Labute approximate surface area is 112 Å². The van der Waals surface area contributed by atoms with Gasteiger partial charge in [-0.25, -0.2) is 4.39 Å². The van der Waals surface area contributed by atoms with Crippen LogP contribution in [-0.2, 0) is 0 Å². The highest BCUT2D eigenvalue weighted by Crippen LogP contribution is 2.31. The second kappa shape index (κ2) is 5.84. The molecule has 102 valence electrons. The molecule has 0 amide bonds. The van der Waals surface area contributed by atoms with E-state index in [1.165, 1.54) is 6.07 Å². The summed E-state index contributed by atoms with van der Waals surface area (Å²) in [7, 11) is 3.97. The average Bonchev–Trinajstić information content (AvgIpc) is 2.37. The first-order valence-corrected chi connectivity index (χ1v) is 6.20. The molecule has 0 bridgehead atoms. The van der Waals surface area contributed by atoms with E-state index in [4.69, 9.17) is 10.5 Å². The van der Waals surface area contributed by atoms with Crippen LogP contribution >= 0.6 is 0 Å². The smallest absolute Gasteiger partial charge is 0.181 e. The molecule has 0 radical (unpaired) electrons. The van der Waals surface area contributed by atoms with E-state index in [0.717, 1.165) is 13.0 Å². The third kappa shape index (κ3) is 3.12. The second-order valence-electron chi connectivity index (χ2n) is 4.68. The molecule has 0 aliphatic heterocycles. The Kier molecular flexibility index (Phi) is 4.16. The number of anilines is 1. The lowest BCUT2D eigenvalue weighted by Crippen LogP contribution is -2.15. The first-order chi connectivity index (χ1) is 9.09. The topological polar surface area (TPSA) is 51.4 Å². The van der Waals surface area contributed by atoms with Crippen LogP contribution in [0.2, 0.25) is 0 Å². The summed E-state index contributed by atoms with van der Waals surface area (Å²) in [5.74, 6) is -0.280. The summed E-state index contributed by atoms with van der Waals surface area (Å²) in [6.45, 7) is 1.34. The average molecular weight is 263 g/mol. The van der Waals surface area contributed by atoms with Gasteiger partial charge in [0.1, 0.15) is 5.52 Å². The molecule has 1 heterocycles. The van der Waals surface area contributed by atoms with Crippen molar-refractivity contribution >= 4 is 16.6 Å². The highest BCUT2D eigenvalue weighted by molar-refractivity contribution is 5.94. The van der Waals surface area contributed by atoms with E-state index in [0.29, 0.717) is 23.2 Å². The van der Waals surface area contributed by atoms with E-state index in [9.17, 15) is 4.39 Å². The number of ether oxygens (including phenoxy) is 1. The third-order valence-electron chi connectivity index (χ3n) is 2.83. The minimum atomic E-state index is -0.464. The Morgan fingerprint density at radius 1 is 1.42 bits per heavy atom. The number of nitrogen functional groups attached to an aromatic ring is 1. The Morgan fingerprint density at radius 3 is 2.95 bits per heavy atom. The summed E-state index contributed by atoms with van der Waals surface area (Å²) in [5, 5.41) is 0.714. The number of pyridine rings is 1. The van der Waals surface area contributed by atoms with Crippen molar-refractivity contribution in [3.8, 4) is 5.75 Å². The molecule has 0 fully saturated rings. The van der Waals surface area contributed by atoms with Crippen LogP contribution < -0.4 is 10.5 Å². The van der Waals surface area contributed by atoms with Crippen LogP contribution in [0.5, 0.6) is 5.75 Å². The van der Waals surface area contributed by atoms with Crippen LogP contribution in [-0.4, -0.2) is 37.1 Å². The van der Waals surface area contributed by atoms with E-state index in [1.807, 2.05) is 20.2 Å². The predicted octanol–water partition coefficient (Wildman–Crippen LogP) is 2.29. The first kappa shape index (κ1) is 13.5. The van der Waals surface area contributed by atoms with E-state index in [1.54, 1.807) is 12.3 Å². The molecule has 0 saturated carbocycles. The number of fused-ring (bicyclic) bond motifs is 1. The van der Waals surface area contributed by atoms with Crippen molar-refractivity contribution in [1.82, 2.24) is 9.88 Å². The molecule has 4 nitrogen and oxygen atoms in total. The lowest BCUT2D eigenvalue weighted by Gasteiger charge is -2.13. The van der Waals surface area contributed by atoms with Crippen LogP contribution in [0, 0.1) is 5.82 Å². The molecule has 2 rings (SSSR count). The van der Waals surface area contributed by atoms with Gasteiger partial charge in [-0.3, -0.25) is 4.98 Å². The first-order valence-electron chi connectivity index (χ1n) is 6.20. The molecule has 2 aromatic rings. The molecule has 1 aromatic heterocycles. The highest BCUT2D eigenvalue weighted by Gasteiger charge is 2.13. The molecule has 0 atom stereocenters. The van der Waals surface area contributed by atoms with Crippen molar-refractivity contribution in [3.63, 3.8) is 0 Å². The van der Waals surface area contributed by atoms with Crippen molar-refractivity contribution in [2.24, 2.45) is 0 Å². The maximum absolute atomic E-state index is 13.9. The summed E-state index contributed by atoms with van der Waals surface area (Å²) < 4.78 is 19.4. The number of aromatic nitrogens is 1. The maximum Gasteiger partial charge on any atom is 0.181 e. The van der Waals surface area contributed by atoms with Crippen molar-refractivity contribution < 1.29 is 9.13 Å². The third-order valence-corrected chi connectivity index (χ3v) is 2.83. The summed E-state index contributed by atoms with van der Waals surface area (Å²) in [4.78, 5) is 6.22. The molecule has 0 saturated heterocycles. The summed E-state index contributed by atoms with van der Waals surface area (Å²) in [6.07, 6.45) is 2.43. The standard InChI is InChI=1S/C14H18FN3O/c1-18(2)7-4-8-19-14-11(15)9-12(16)10-5-3-6-17-13(10)14/h3,5-6,9H,4,7-8,16H2,1-2H3. The molecule has 0 spiro atoms. The van der Waals surface area contributed by atoms with Crippen molar-refractivity contribution in [1.29, 1.82) is 0 Å². The van der Waals surface area contributed by atoms with E-state index in [-0.39, 0.29) is 5.75 Å². The van der Waals surface area contributed by atoms with Gasteiger partial charge < -0.3 is 15.4 Å². The van der Waals surface area contributed by atoms with Crippen molar-refractivity contribution in [2.75, 3.05) is 33.0 Å². The van der Waals surface area contributed by atoms with Gasteiger partial charge in [-0.1, -0.05) is 0 Å². The van der Waals surface area contributed by atoms with Crippen LogP contribution in [0.25, 0.3) is 10.9 Å². The Balaban J connectivity index is 2.22. The molecule has 0 unspecified atom stereocenters. The number of benzene rings is 1. The normalized spacial score (nSPS) is 11.2. The van der Waals surface area contributed by atoms with Crippen LogP contribution in [0.4, 0.5) is 10.1 Å². The fraction of sp³-hybridized carbons (Fsp3) is 0.357. The molecule has 5 heteroatoms. The van der Waals surface area contributed by atoms with E-state index < -0.39 is 5.82 Å². The number of nitrogens with zero attached hydrogens (tertiary/aromatic N) is 2. The van der Waals surface area contributed by atoms with Gasteiger partial charge in [-0.15, -0.1) is 0 Å². The molecular weight excluding hydrogens is 245 g/mol. The molecule has 0 aliphatic rings. The molecule has 1 aromatic carbocycles. The van der Waals surface area contributed by atoms with Gasteiger partial charge in [0, 0.05) is 29.9 Å². The number of hydrogen-bond donors (Lipinski definition) is 1. The fourth-order valence-electron chi connectivity index (χ4n) is 1.90. The van der Waals surface area contributed by atoms with Crippen LogP contribution in [0.1, 0.15) is 6.42 Å². The number of hydrogen-bond acceptors (Lipinski definition) is 4. The largest absolute Gasteiger partial charge is 0.488 e.